The van der Waals surface area contributed by atoms with Gasteiger partial charge in [0.15, 0.2) is 5.79 Å². The van der Waals surface area contributed by atoms with Crippen LogP contribution in [0.5, 0.6) is 0 Å². The summed E-state index contributed by atoms with van der Waals surface area (Å²) in [5, 5.41) is 8.27. The van der Waals surface area contributed by atoms with Crippen LogP contribution in [-0.4, -0.2) is 47.2 Å². The summed E-state index contributed by atoms with van der Waals surface area (Å²) in [6, 6.07) is 0. The summed E-state index contributed by atoms with van der Waals surface area (Å²) in [5.74, 6) is 1.68. The van der Waals surface area contributed by atoms with E-state index in [1.807, 2.05) is 0 Å². The van der Waals surface area contributed by atoms with Crippen LogP contribution in [0.4, 0.5) is 0 Å². The average molecular weight is 265 g/mol. The van der Waals surface area contributed by atoms with E-state index in [9.17, 15) is 0 Å². The van der Waals surface area contributed by atoms with Gasteiger partial charge in [-0.05, 0) is 25.8 Å². The molecule has 0 aromatic carbocycles. The van der Waals surface area contributed by atoms with Crippen molar-refractivity contribution < 1.29 is 13.9 Å². The molecule has 1 saturated carbocycles. The molecule has 3 fully saturated rings. The zero-order valence-electron chi connectivity index (χ0n) is 11.0. The normalized spacial score (nSPS) is 27.2. The first-order valence-electron chi connectivity index (χ1n) is 7.16. The number of rotatable bonds is 3. The second-order valence-corrected chi connectivity index (χ2v) is 5.73. The second kappa shape index (κ2) is 4.54. The Balaban J connectivity index is 1.40. The maximum absolute atomic E-state index is 5.77. The maximum Gasteiger partial charge on any atom is 0.230 e. The molecule has 0 bridgehead atoms. The Bertz CT molecular complexity index is 452. The van der Waals surface area contributed by atoms with Crippen molar-refractivity contribution in [3.63, 3.8) is 0 Å². The van der Waals surface area contributed by atoms with Crippen LogP contribution in [0.25, 0.3) is 0 Å². The van der Waals surface area contributed by atoms with Crippen LogP contribution in [0.15, 0.2) is 4.42 Å². The van der Waals surface area contributed by atoms with E-state index < -0.39 is 0 Å². The smallest absolute Gasteiger partial charge is 0.230 e. The van der Waals surface area contributed by atoms with Crippen molar-refractivity contribution in [3.8, 4) is 0 Å². The third kappa shape index (κ3) is 2.40. The van der Waals surface area contributed by atoms with E-state index in [2.05, 4.69) is 15.1 Å². The van der Waals surface area contributed by atoms with Crippen molar-refractivity contribution in [2.45, 2.75) is 43.9 Å². The predicted molar refractivity (Wildman–Crippen MR) is 65.4 cm³/mol. The molecule has 3 heterocycles. The molecule has 6 heteroatoms. The van der Waals surface area contributed by atoms with E-state index in [0.717, 1.165) is 37.7 Å². The van der Waals surface area contributed by atoms with Gasteiger partial charge in [-0.2, -0.15) is 0 Å². The highest BCUT2D eigenvalue weighted by molar-refractivity contribution is 5.00. The summed E-state index contributed by atoms with van der Waals surface area (Å²) in [4.78, 5) is 2.29. The van der Waals surface area contributed by atoms with Gasteiger partial charge >= 0.3 is 0 Å². The van der Waals surface area contributed by atoms with E-state index in [0.29, 0.717) is 25.7 Å². The van der Waals surface area contributed by atoms with Gasteiger partial charge in [-0.3, -0.25) is 4.90 Å². The van der Waals surface area contributed by atoms with E-state index in [1.54, 1.807) is 0 Å². The van der Waals surface area contributed by atoms with Gasteiger partial charge < -0.3 is 13.9 Å². The van der Waals surface area contributed by atoms with E-state index in [4.69, 9.17) is 13.9 Å². The molecule has 2 aliphatic heterocycles. The van der Waals surface area contributed by atoms with Crippen molar-refractivity contribution in [1.29, 1.82) is 0 Å². The number of piperidine rings is 1. The van der Waals surface area contributed by atoms with Gasteiger partial charge in [0.05, 0.1) is 26.3 Å². The Kier molecular flexibility index (Phi) is 2.82. The maximum atomic E-state index is 5.77. The summed E-state index contributed by atoms with van der Waals surface area (Å²) >= 11 is 0. The van der Waals surface area contributed by atoms with Crippen LogP contribution in [0.1, 0.15) is 43.4 Å². The molecule has 0 amide bonds. The van der Waals surface area contributed by atoms with Crippen LogP contribution in [0, 0.1) is 0 Å². The highest BCUT2D eigenvalue weighted by Crippen LogP contribution is 2.39. The average Bonchev–Trinajstić information content (AvgIpc) is 3.01. The van der Waals surface area contributed by atoms with Crippen molar-refractivity contribution >= 4 is 0 Å². The molecule has 1 aromatic rings. The molecule has 104 valence electrons. The fraction of sp³-hybridized carbons (Fsp3) is 0.846. The topological polar surface area (TPSA) is 60.6 Å². The quantitative estimate of drug-likeness (QED) is 0.820. The minimum Gasteiger partial charge on any atom is -0.424 e. The van der Waals surface area contributed by atoms with Gasteiger partial charge in [0.25, 0.3) is 0 Å². The molecular weight excluding hydrogens is 246 g/mol. The van der Waals surface area contributed by atoms with Crippen LogP contribution in [0.2, 0.25) is 0 Å². The predicted octanol–water partition coefficient (Wildman–Crippen LogP) is 1.29. The fourth-order valence-electron chi connectivity index (χ4n) is 2.96. The molecule has 6 nitrogen and oxygen atoms in total. The van der Waals surface area contributed by atoms with Crippen LogP contribution in [-0.2, 0) is 16.0 Å². The van der Waals surface area contributed by atoms with Crippen LogP contribution >= 0.6 is 0 Å². The molecule has 3 aliphatic rings. The van der Waals surface area contributed by atoms with Crippen molar-refractivity contribution in [3.05, 3.63) is 11.8 Å². The van der Waals surface area contributed by atoms with Crippen LogP contribution in [0.3, 0.4) is 0 Å². The molecule has 0 atom stereocenters. The first-order valence-corrected chi connectivity index (χ1v) is 7.16. The summed E-state index contributed by atoms with van der Waals surface area (Å²) in [7, 11) is 0. The molecule has 0 radical (unpaired) electrons. The third-order valence-electron chi connectivity index (χ3n) is 4.08. The Hall–Kier alpha value is -0.980. The minimum absolute atomic E-state index is 0.377. The number of hydrogen-bond acceptors (Lipinski definition) is 6. The van der Waals surface area contributed by atoms with E-state index >= 15 is 0 Å². The molecule has 2 saturated heterocycles. The number of aromatic nitrogens is 2. The zero-order valence-corrected chi connectivity index (χ0v) is 11.0. The van der Waals surface area contributed by atoms with Crippen molar-refractivity contribution in [2.24, 2.45) is 0 Å². The lowest BCUT2D eigenvalue weighted by Gasteiger charge is -2.37. The van der Waals surface area contributed by atoms with Crippen molar-refractivity contribution in [1.82, 2.24) is 15.1 Å². The molecular formula is C13H19N3O3. The lowest BCUT2D eigenvalue weighted by Crippen LogP contribution is -2.48. The monoisotopic (exact) mass is 265 g/mol. The van der Waals surface area contributed by atoms with Crippen molar-refractivity contribution in [2.75, 3.05) is 26.3 Å². The Morgan fingerprint density at radius 3 is 2.84 bits per heavy atom. The first-order chi connectivity index (χ1) is 9.33. The highest BCUT2D eigenvalue weighted by Gasteiger charge is 2.41. The second-order valence-electron chi connectivity index (χ2n) is 5.73. The molecule has 1 spiro atoms. The van der Waals surface area contributed by atoms with Gasteiger partial charge in [-0.25, -0.2) is 0 Å². The van der Waals surface area contributed by atoms with Gasteiger partial charge in [-0.1, -0.05) is 0 Å². The lowest BCUT2D eigenvalue weighted by atomic mass is 10.0. The molecule has 19 heavy (non-hydrogen) atoms. The minimum atomic E-state index is -0.377. The van der Waals surface area contributed by atoms with Gasteiger partial charge in [0.1, 0.15) is 0 Å². The van der Waals surface area contributed by atoms with Gasteiger partial charge in [0, 0.05) is 12.3 Å². The van der Waals surface area contributed by atoms with Gasteiger partial charge in [0.2, 0.25) is 11.8 Å². The zero-order chi connectivity index (χ0) is 12.7. The van der Waals surface area contributed by atoms with E-state index in [-0.39, 0.29) is 5.79 Å². The summed E-state index contributed by atoms with van der Waals surface area (Å²) in [6.45, 7) is 3.96. The number of nitrogens with zero attached hydrogens (tertiary/aromatic N) is 3. The van der Waals surface area contributed by atoms with Crippen LogP contribution < -0.4 is 0 Å². The largest absolute Gasteiger partial charge is 0.424 e. The SMILES string of the molecule is C1CN(Cc2nnc(C3CC3)o2)CC2(C1)OCCO2. The number of hydrogen-bond donors (Lipinski definition) is 0. The highest BCUT2D eigenvalue weighted by atomic mass is 16.7. The molecule has 0 unspecified atom stereocenters. The van der Waals surface area contributed by atoms with E-state index in [1.165, 1.54) is 12.8 Å². The molecule has 0 N–H and O–H groups in total. The van der Waals surface area contributed by atoms with Gasteiger partial charge in [-0.15, -0.1) is 10.2 Å². The lowest BCUT2D eigenvalue weighted by molar-refractivity contribution is -0.190. The number of likely N-dealkylation sites (tertiary alicyclic amines) is 1. The summed E-state index contributed by atoms with van der Waals surface area (Å²) in [5.41, 5.74) is 0. The molecule has 4 rings (SSSR count). The standard InChI is InChI=1S/C13H19N3O3/c1-4-13(17-6-7-18-13)9-16(5-1)8-11-14-15-12(19-11)10-2-3-10/h10H,1-9H2. The fourth-order valence-corrected chi connectivity index (χ4v) is 2.96. The number of ether oxygens (including phenoxy) is 2. The summed E-state index contributed by atoms with van der Waals surface area (Å²) < 4.78 is 17.3. The Labute approximate surface area is 112 Å². The third-order valence-corrected chi connectivity index (χ3v) is 4.08. The molecule has 1 aliphatic carbocycles. The summed E-state index contributed by atoms with van der Waals surface area (Å²) in [6.07, 6.45) is 4.45. The Morgan fingerprint density at radius 2 is 2.05 bits per heavy atom. The Morgan fingerprint density at radius 1 is 1.21 bits per heavy atom. The first kappa shape index (κ1) is 11.8. The molecule has 1 aromatic heterocycles.